The Labute approximate surface area is 244 Å². The molecule has 184 valence electrons. The van der Waals surface area contributed by atoms with Crippen LogP contribution in [0.25, 0.3) is 33.7 Å². The van der Waals surface area contributed by atoms with Crippen LogP contribution in [0.15, 0.2) is 97.6 Å². The molecule has 1 aliphatic carbocycles. The number of halogens is 2. The standard InChI is InChI=1S/C17H13.C9H10.C7H9.2ClH.Zr/c1-3-12-5-7-14-11-15-8-6-13(4-2)10-17(15)16(14)9-12;1-3-9-6-4-8(2)5-7-9;1-6-3-4-7(2)5-6;;;/h3-11H,1-2H2;4-7H,1-2H3;3,5,7H,1-2H3;2*1H;/q-1;;-1;;;+2/p-2. The van der Waals surface area contributed by atoms with E-state index in [0.29, 0.717) is 5.92 Å². The molecule has 5 rings (SSSR count). The second-order valence-corrected chi connectivity index (χ2v) is 10.6. The Hall–Kier alpha value is -2.18. The SMILES string of the molecule is C=Cc1ccc2[cH-]c3ccc(C=C)cc3c2c1.CC1=CC(C)[C-]=C1.C[C](=[Zr+2])c1ccc(C)cc1.[Cl-].[Cl-]. The van der Waals surface area contributed by atoms with E-state index < -0.39 is 0 Å². The van der Waals surface area contributed by atoms with Gasteiger partial charge in [-0.3, -0.25) is 6.08 Å². The van der Waals surface area contributed by atoms with Crippen molar-refractivity contribution in [3.63, 3.8) is 0 Å². The third-order valence-corrected chi connectivity index (χ3v) is 6.51. The third-order valence-electron chi connectivity index (χ3n) is 5.80. The Balaban J connectivity index is 0.000000293. The van der Waals surface area contributed by atoms with Crippen LogP contribution in [0.5, 0.6) is 0 Å². The second-order valence-electron chi connectivity index (χ2n) is 8.75. The second kappa shape index (κ2) is 15.2. The van der Waals surface area contributed by atoms with E-state index in [1.807, 2.05) is 18.2 Å². The Kier molecular flexibility index (Phi) is 13.4. The molecule has 4 aromatic rings. The van der Waals surface area contributed by atoms with Crippen molar-refractivity contribution in [2.45, 2.75) is 27.7 Å². The van der Waals surface area contributed by atoms with Crippen LogP contribution in [-0.4, -0.2) is 3.21 Å². The monoisotopic (exact) mass is 588 g/mol. The van der Waals surface area contributed by atoms with E-state index in [9.17, 15) is 0 Å². The number of benzene rings is 3. The minimum absolute atomic E-state index is 0. The summed E-state index contributed by atoms with van der Waals surface area (Å²) in [7, 11) is 0. The van der Waals surface area contributed by atoms with Crippen LogP contribution < -0.4 is 24.8 Å². The summed E-state index contributed by atoms with van der Waals surface area (Å²) in [6.07, 6.45) is 11.1. The number of hydrogen-bond acceptors (Lipinski definition) is 0. The maximum atomic E-state index is 3.82. The Bertz CT molecular complexity index is 1320. The van der Waals surface area contributed by atoms with Crippen LogP contribution in [0.2, 0.25) is 0 Å². The minimum Gasteiger partial charge on any atom is -1.00 e. The number of hydrogen-bond donors (Lipinski definition) is 0. The summed E-state index contributed by atoms with van der Waals surface area (Å²) >= 11 is 1.51. The predicted molar refractivity (Wildman–Crippen MR) is 149 cm³/mol. The maximum absolute atomic E-state index is 3.82. The zero-order valence-corrected chi connectivity index (χ0v) is 25.4. The smallest absolute Gasteiger partial charge is 1.00 e. The molecule has 36 heavy (non-hydrogen) atoms. The zero-order valence-electron chi connectivity index (χ0n) is 21.4. The van der Waals surface area contributed by atoms with Gasteiger partial charge in [-0.05, 0) is 11.1 Å². The number of rotatable bonds is 3. The molecule has 4 aromatic carbocycles. The molecule has 0 fully saturated rings. The van der Waals surface area contributed by atoms with Gasteiger partial charge in [-0.15, -0.1) is 46.7 Å². The minimum atomic E-state index is 0. The Morgan fingerprint density at radius 2 is 1.36 bits per heavy atom. The van der Waals surface area contributed by atoms with Gasteiger partial charge in [0.25, 0.3) is 0 Å². The molecular formula is C33H32Cl2Zr-2. The molecule has 0 spiro atoms. The van der Waals surface area contributed by atoms with Crippen molar-refractivity contribution in [2.75, 3.05) is 0 Å². The molecule has 0 N–H and O–H groups in total. The van der Waals surface area contributed by atoms with Crippen LogP contribution in [0.1, 0.15) is 43.0 Å². The van der Waals surface area contributed by atoms with Crippen molar-refractivity contribution in [1.29, 1.82) is 0 Å². The van der Waals surface area contributed by atoms with Gasteiger partial charge in [0.1, 0.15) is 0 Å². The van der Waals surface area contributed by atoms with Gasteiger partial charge in [0.15, 0.2) is 0 Å². The first-order valence-electron chi connectivity index (χ1n) is 11.6. The third kappa shape index (κ3) is 8.74. The van der Waals surface area contributed by atoms with Gasteiger partial charge in [-0.1, -0.05) is 62.4 Å². The van der Waals surface area contributed by atoms with Crippen molar-refractivity contribution in [3.8, 4) is 0 Å². The summed E-state index contributed by atoms with van der Waals surface area (Å²) in [5.74, 6) is 0.556. The van der Waals surface area contributed by atoms with E-state index in [2.05, 4.69) is 120 Å². The molecular weight excluding hydrogens is 558 g/mol. The van der Waals surface area contributed by atoms with Gasteiger partial charge in [0, 0.05) is 0 Å². The van der Waals surface area contributed by atoms with Crippen molar-refractivity contribution in [1.82, 2.24) is 0 Å². The van der Waals surface area contributed by atoms with E-state index in [1.54, 1.807) is 0 Å². The fraction of sp³-hybridized carbons (Fsp3) is 0.152. The van der Waals surface area contributed by atoms with Crippen molar-refractivity contribution < 1.29 is 49.0 Å². The molecule has 0 amide bonds. The molecule has 1 atom stereocenters. The Morgan fingerprint density at radius 3 is 1.69 bits per heavy atom. The summed E-state index contributed by atoms with van der Waals surface area (Å²) in [4.78, 5) is 0. The van der Waals surface area contributed by atoms with Crippen molar-refractivity contribution >= 4 is 36.9 Å². The van der Waals surface area contributed by atoms with E-state index >= 15 is 0 Å². The fourth-order valence-electron chi connectivity index (χ4n) is 3.84. The molecule has 0 saturated carbocycles. The van der Waals surface area contributed by atoms with E-state index in [4.69, 9.17) is 0 Å². The molecule has 1 unspecified atom stereocenters. The summed E-state index contributed by atoms with van der Waals surface area (Å²) < 4.78 is 1.46. The summed E-state index contributed by atoms with van der Waals surface area (Å²) in [5.41, 5.74) is 6.38. The van der Waals surface area contributed by atoms with Gasteiger partial charge in [-0.2, -0.15) is 6.08 Å². The first-order valence-corrected chi connectivity index (χ1v) is 12.8. The molecule has 3 heteroatoms. The molecule has 0 aliphatic heterocycles. The largest absolute Gasteiger partial charge is 1.00 e. The van der Waals surface area contributed by atoms with E-state index in [-0.39, 0.29) is 24.8 Å². The van der Waals surface area contributed by atoms with Crippen LogP contribution in [0, 0.1) is 18.9 Å². The molecule has 1 aliphatic rings. The zero-order chi connectivity index (χ0) is 24.7. The average Bonchev–Trinajstić information content (AvgIpc) is 3.40. The number of allylic oxidation sites excluding steroid dienone is 4. The first-order chi connectivity index (χ1) is 16.3. The van der Waals surface area contributed by atoms with Gasteiger partial charge in [-0.25, -0.2) is 11.6 Å². The van der Waals surface area contributed by atoms with Gasteiger partial charge in [0.2, 0.25) is 0 Å². The summed E-state index contributed by atoms with van der Waals surface area (Å²) in [6.45, 7) is 16.1. The average molecular weight is 591 g/mol. The molecule has 0 aromatic heterocycles. The van der Waals surface area contributed by atoms with E-state index in [1.165, 1.54) is 65.7 Å². The van der Waals surface area contributed by atoms with Gasteiger partial charge in [0.05, 0.1) is 0 Å². The Morgan fingerprint density at radius 1 is 0.861 bits per heavy atom. The van der Waals surface area contributed by atoms with Crippen LogP contribution >= 0.6 is 0 Å². The molecule has 0 bridgehead atoms. The summed E-state index contributed by atoms with van der Waals surface area (Å²) in [5, 5.41) is 5.15. The van der Waals surface area contributed by atoms with Gasteiger partial charge < -0.3 is 24.8 Å². The normalized spacial score (nSPS) is 13.3. The summed E-state index contributed by atoms with van der Waals surface area (Å²) in [6, 6.07) is 23.8. The predicted octanol–water partition coefficient (Wildman–Crippen LogP) is 3.03. The topological polar surface area (TPSA) is 0 Å². The van der Waals surface area contributed by atoms with Gasteiger partial charge >= 0.3 is 76.7 Å². The van der Waals surface area contributed by atoms with E-state index in [0.717, 1.165) is 11.1 Å². The molecule has 0 radical (unpaired) electrons. The van der Waals surface area contributed by atoms with Crippen LogP contribution in [0.4, 0.5) is 0 Å². The number of aryl methyl sites for hydroxylation is 1. The van der Waals surface area contributed by atoms with Crippen LogP contribution in [0.3, 0.4) is 0 Å². The fourth-order valence-corrected chi connectivity index (χ4v) is 4.25. The number of fused-ring (bicyclic) bond motifs is 3. The van der Waals surface area contributed by atoms with Crippen LogP contribution in [-0.2, 0) is 24.2 Å². The molecule has 0 nitrogen and oxygen atoms in total. The quantitative estimate of drug-likeness (QED) is 0.322. The molecule has 0 saturated heterocycles. The molecule has 0 heterocycles. The van der Waals surface area contributed by atoms with Crippen molar-refractivity contribution in [2.24, 2.45) is 5.92 Å². The first kappa shape index (κ1) is 31.9. The van der Waals surface area contributed by atoms with Crippen molar-refractivity contribution in [3.05, 3.63) is 126 Å². The maximum Gasteiger partial charge on any atom is -1.00 e.